The van der Waals surface area contributed by atoms with Gasteiger partial charge in [0.05, 0.1) is 17.7 Å². The quantitative estimate of drug-likeness (QED) is 0.607. The minimum absolute atomic E-state index is 0.154. The van der Waals surface area contributed by atoms with E-state index in [1.54, 1.807) is 12.1 Å². The number of rotatable bonds is 5. The van der Waals surface area contributed by atoms with Crippen molar-refractivity contribution in [3.63, 3.8) is 0 Å². The van der Waals surface area contributed by atoms with Crippen molar-refractivity contribution >= 4 is 29.2 Å². The fourth-order valence-electron chi connectivity index (χ4n) is 5.78. The molecule has 4 fully saturated rings. The van der Waals surface area contributed by atoms with E-state index in [0.29, 0.717) is 23.9 Å². The van der Waals surface area contributed by atoms with Gasteiger partial charge in [-0.25, -0.2) is 4.98 Å². The van der Waals surface area contributed by atoms with Gasteiger partial charge >= 0.3 is 5.97 Å². The van der Waals surface area contributed by atoms with Gasteiger partial charge in [-0.15, -0.1) is 0 Å². The summed E-state index contributed by atoms with van der Waals surface area (Å²) < 4.78 is 5.19. The first kappa shape index (κ1) is 17.7. The SMILES string of the molecule is O=C(COC(=O)CC12C[C@@H]3C[C@@H](CC(O)(C3)C1)C2)Nc1cccnc1Cl. The highest BCUT2D eigenvalue weighted by molar-refractivity contribution is 6.32. The van der Waals surface area contributed by atoms with Gasteiger partial charge < -0.3 is 15.2 Å². The first-order valence-corrected chi connectivity index (χ1v) is 9.51. The topological polar surface area (TPSA) is 88.5 Å². The average Bonchev–Trinajstić information content (AvgIpc) is 2.52. The van der Waals surface area contributed by atoms with Crippen molar-refractivity contribution in [3.05, 3.63) is 23.5 Å². The zero-order chi connectivity index (χ0) is 18.4. The van der Waals surface area contributed by atoms with Gasteiger partial charge in [-0.05, 0) is 67.9 Å². The van der Waals surface area contributed by atoms with E-state index in [0.717, 1.165) is 25.7 Å². The molecule has 1 aromatic rings. The number of pyridine rings is 1. The van der Waals surface area contributed by atoms with Crippen LogP contribution in [0.1, 0.15) is 44.9 Å². The van der Waals surface area contributed by atoms with Crippen molar-refractivity contribution < 1.29 is 19.4 Å². The van der Waals surface area contributed by atoms with Crippen molar-refractivity contribution in [2.75, 3.05) is 11.9 Å². The Kier molecular flexibility index (Phi) is 4.43. The number of anilines is 1. The van der Waals surface area contributed by atoms with E-state index >= 15 is 0 Å². The molecule has 140 valence electrons. The van der Waals surface area contributed by atoms with Crippen LogP contribution in [0, 0.1) is 17.3 Å². The third kappa shape index (κ3) is 3.58. The number of hydrogen-bond donors (Lipinski definition) is 2. The molecular formula is C19H23ClN2O4. The van der Waals surface area contributed by atoms with E-state index in [4.69, 9.17) is 16.3 Å². The van der Waals surface area contributed by atoms with Gasteiger partial charge in [-0.3, -0.25) is 9.59 Å². The van der Waals surface area contributed by atoms with E-state index in [9.17, 15) is 14.7 Å². The molecular weight excluding hydrogens is 356 g/mol. The molecule has 6 nitrogen and oxygen atoms in total. The maximum absolute atomic E-state index is 12.3. The predicted molar refractivity (Wildman–Crippen MR) is 95.5 cm³/mol. The molecule has 26 heavy (non-hydrogen) atoms. The molecule has 0 aromatic carbocycles. The Balaban J connectivity index is 1.31. The van der Waals surface area contributed by atoms with Crippen LogP contribution in [0.5, 0.6) is 0 Å². The van der Waals surface area contributed by atoms with Gasteiger partial charge in [0.15, 0.2) is 11.8 Å². The molecule has 7 heteroatoms. The fourth-order valence-corrected chi connectivity index (χ4v) is 5.94. The Morgan fingerprint density at radius 2 is 2.04 bits per heavy atom. The number of halogens is 1. The Labute approximate surface area is 157 Å². The number of carbonyl (C=O) groups excluding carboxylic acids is 2. The Morgan fingerprint density at radius 3 is 2.69 bits per heavy atom. The molecule has 2 unspecified atom stereocenters. The van der Waals surface area contributed by atoms with Crippen LogP contribution in [-0.2, 0) is 14.3 Å². The maximum atomic E-state index is 12.3. The van der Waals surface area contributed by atoms with Gasteiger partial charge in [-0.1, -0.05) is 11.6 Å². The van der Waals surface area contributed by atoms with Gasteiger partial charge in [0, 0.05) is 6.20 Å². The number of aromatic nitrogens is 1. The summed E-state index contributed by atoms with van der Waals surface area (Å²) in [6, 6.07) is 3.29. The summed E-state index contributed by atoms with van der Waals surface area (Å²) in [6.45, 7) is -0.350. The first-order chi connectivity index (χ1) is 12.3. The average molecular weight is 379 g/mol. The van der Waals surface area contributed by atoms with E-state index in [2.05, 4.69) is 10.3 Å². The summed E-state index contributed by atoms with van der Waals surface area (Å²) in [5.41, 5.74) is -0.365. The number of amides is 1. The van der Waals surface area contributed by atoms with Gasteiger partial charge in [0.1, 0.15) is 0 Å². The molecule has 1 aromatic heterocycles. The van der Waals surface area contributed by atoms with Crippen LogP contribution < -0.4 is 5.32 Å². The lowest BCUT2D eigenvalue weighted by Gasteiger charge is -2.60. The number of aliphatic hydroxyl groups is 1. The van der Waals surface area contributed by atoms with Crippen molar-refractivity contribution in [1.82, 2.24) is 4.98 Å². The van der Waals surface area contributed by atoms with E-state index in [-0.39, 0.29) is 29.6 Å². The number of hydrogen-bond acceptors (Lipinski definition) is 5. The number of nitrogens with zero attached hydrogens (tertiary/aromatic N) is 1. The monoisotopic (exact) mass is 378 g/mol. The molecule has 4 saturated carbocycles. The van der Waals surface area contributed by atoms with Crippen molar-refractivity contribution in [2.45, 2.75) is 50.5 Å². The van der Waals surface area contributed by atoms with Crippen LogP contribution in [0.25, 0.3) is 0 Å². The standard InChI is InChI=1S/C19H23ClN2O4/c20-17-14(2-1-3-21-17)22-15(23)10-26-16(24)9-18-5-12-4-13(6-18)8-19(25,7-12)11-18/h1-3,12-13,25H,4-11H2,(H,22,23)/t12-,13+,18?,19?. The molecule has 0 radical (unpaired) electrons. The molecule has 2 N–H and O–H groups in total. The molecule has 0 aliphatic heterocycles. The zero-order valence-electron chi connectivity index (χ0n) is 14.5. The number of carbonyl (C=O) groups is 2. The highest BCUT2D eigenvalue weighted by Gasteiger charge is 2.57. The molecule has 4 aliphatic rings. The van der Waals surface area contributed by atoms with Crippen molar-refractivity contribution in [3.8, 4) is 0 Å². The van der Waals surface area contributed by atoms with Gasteiger partial charge in [-0.2, -0.15) is 0 Å². The lowest BCUT2D eigenvalue weighted by molar-refractivity contribution is -0.177. The molecule has 1 heterocycles. The summed E-state index contributed by atoms with van der Waals surface area (Å²) in [7, 11) is 0. The number of ether oxygens (including phenoxy) is 1. The van der Waals surface area contributed by atoms with Crippen molar-refractivity contribution in [2.24, 2.45) is 17.3 Å². The van der Waals surface area contributed by atoms with Crippen LogP contribution >= 0.6 is 11.6 Å². The summed E-state index contributed by atoms with van der Waals surface area (Å²) >= 11 is 5.89. The van der Waals surface area contributed by atoms with Crippen LogP contribution in [0.3, 0.4) is 0 Å². The second kappa shape index (κ2) is 6.50. The van der Waals surface area contributed by atoms with Gasteiger partial charge in [0.2, 0.25) is 0 Å². The van der Waals surface area contributed by atoms with E-state index < -0.39 is 11.5 Å². The summed E-state index contributed by atoms with van der Waals surface area (Å²) in [5, 5.41) is 13.5. The van der Waals surface area contributed by atoms with Crippen LogP contribution in [0.4, 0.5) is 5.69 Å². The molecule has 1 amide bonds. The van der Waals surface area contributed by atoms with Crippen LogP contribution in [-0.4, -0.2) is 34.2 Å². The summed E-state index contributed by atoms with van der Waals surface area (Å²) in [6.07, 6.45) is 7.37. The minimum atomic E-state index is -0.598. The molecule has 4 atom stereocenters. The maximum Gasteiger partial charge on any atom is 0.306 e. The first-order valence-electron chi connectivity index (χ1n) is 9.13. The van der Waals surface area contributed by atoms with Crippen LogP contribution in [0.15, 0.2) is 18.3 Å². The lowest BCUT2D eigenvalue weighted by atomic mass is 9.47. The Morgan fingerprint density at radius 1 is 1.31 bits per heavy atom. The second-order valence-electron chi connectivity index (χ2n) is 8.41. The molecule has 4 aliphatic carbocycles. The highest BCUT2D eigenvalue weighted by atomic mass is 35.5. The molecule has 4 bridgehead atoms. The van der Waals surface area contributed by atoms with Gasteiger partial charge in [0.25, 0.3) is 5.91 Å². The zero-order valence-corrected chi connectivity index (χ0v) is 15.3. The van der Waals surface area contributed by atoms with E-state index in [1.165, 1.54) is 12.6 Å². The minimum Gasteiger partial charge on any atom is -0.456 e. The molecule has 5 rings (SSSR count). The second-order valence-corrected chi connectivity index (χ2v) is 8.77. The van der Waals surface area contributed by atoms with E-state index in [1.807, 2.05) is 0 Å². The summed E-state index contributed by atoms with van der Waals surface area (Å²) in [4.78, 5) is 28.2. The third-order valence-electron chi connectivity index (χ3n) is 6.07. The summed E-state index contributed by atoms with van der Waals surface area (Å²) in [5.74, 6) is 0.218. The Hall–Kier alpha value is -1.66. The van der Waals surface area contributed by atoms with Crippen LogP contribution in [0.2, 0.25) is 5.15 Å². The third-order valence-corrected chi connectivity index (χ3v) is 6.37. The number of esters is 1. The predicted octanol–water partition coefficient (Wildman–Crippen LogP) is 2.94. The molecule has 0 spiro atoms. The van der Waals surface area contributed by atoms with Crippen molar-refractivity contribution in [1.29, 1.82) is 0 Å². The Bertz CT molecular complexity index is 724. The molecule has 0 saturated heterocycles. The number of nitrogens with one attached hydrogen (secondary N) is 1. The lowest BCUT2D eigenvalue weighted by Crippen LogP contribution is -2.56. The fraction of sp³-hybridized carbons (Fsp3) is 0.632. The smallest absolute Gasteiger partial charge is 0.306 e. The normalized spacial score (nSPS) is 34.5. The highest BCUT2D eigenvalue weighted by Crippen LogP contribution is 2.62. The largest absolute Gasteiger partial charge is 0.456 e.